The standard InChI is InChI=1S/C15H13FN2OS/c1-19-15-4-10(2-3-11(15)8-17)9-20-14-6-12(16)5-13(18)7-14/h2-7H,9,18H2,1H3. The Kier molecular flexibility index (Phi) is 4.49. The van der Waals surface area contributed by atoms with Gasteiger partial charge in [-0.15, -0.1) is 11.8 Å². The van der Waals surface area contributed by atoms with Crippen molar-refractivity contribution in [2.45, 2.75) is 10.6 Å². The second kappa shape index (κ2) is 6.31. The van der Waals surface area contributed by atoms with Crippen LogP contribution in [0.1, 0.15) is 11.1 Å². The number of benzene rings is 2. The van der Waals surface area contributed by atoms with Gasteiger partial charge in [0.1, 0.15) is 17.6 Å². The smallest absolute Gasteiger partial charge is 0.136 e. The highest BCUT2D eigenvalue weighted by atomic mass is 32.2. The van der Waals surface area contributed by atoms with Gasteiger partial charge in [-0.25, -0.2) is 4.39 Å². The first kappa shape index (κ1) is 14.2. The van der Waals surface area contributed by atoms with Crippen LogP contribution in [0.2, 0.25) is 0 Å². The fourth-order valence-corrected chi connectivity index (χ4v) is 2.68. The van der Waals surface area contributed by atoms with E-state index in [1.54, 1.807) is 12.1 Å². The number of halogens is 1. The SMILES string of the molecule is COc1cc(CSc2cc(N)cc(F)c2)ccc1C#N. The summed E-state index contributed by atoms with van der Waals surface area (Å²) in [5.41, 5.74) is 7.50. The number of hydrogen-bond acceptors (Lipinski definition) is 4. The molecule has 102 valence electrons. The molecule has 0 bridgehead atoms. The summed E-state index contributed by atoms with van der Waals surface area (Å²) in [6.07, 6.45) is 0. The van der Waals surface area contributed by atoms with Gasteiger partial charge in [0.15, 0.2) is 0 Å². The third-order valence-corrected chi connectivity index (χ3v) is 3.73. The van der Waals surface area contributed by atoms with Gasteiger partial charge in [-0.2, -0.15) is 5.26 Å². The van der Waals surface area contributed by atoms with E-state index in [0.29, 0.717) is 22.8 Å². The molecule has 0 aliphatic carbocycles. The molecule has 0 heterocycles. The molecular formula is C15H13FN2OS. The summed E-state index contributed by atoms with van der Waals surface area (Å²) in [6, 6.07) is 11.9. The van der Waals surface area contributed by atoms with Gasteiger partial charge in [-0.3, -0.25) is 0 Å². The first-order chi connectivity index (χ1) is 9.62. The molecule has 0 fully saturated rings. The van der Waals surface area contributed by atoms with Crippen LogP contribution in [0.4, 0.5) is 10.1 Å². The van der Waals surface area contributed by atoms with E-state index in [4.69, 9.17) is 15.7 Å². The zero-order chi connectivity index (χ0) is 14.5. The lowest BCUT2D eigenvalue weighted by molar-refractivity contribution is 0.413. The van der Waals surface area contributed by atoms with Crippen molar-refractivity contribution < 1.29 is 9.13 Å². The van der Waals surface area contributed by atoms with Crippen LogP contribution in [0.3, 0.4) is 0 Å². The highest BCUT2D eigenvalue weighted by Crippen LogP contribution is 2.28. The molecule has 0 aromatic heterocycles. The molecular weight excluding hydrogens is 275 g/mol. The summed E-state index contributed by atoms with van der Waals surface area (Å²) in [4.78, 5) is 0.769. The van der Waals surface area contributed by atoms with Crippen molar-refractivity contribution in [3.8, 4) is 11.8 Å². The zero-order valence-electron chi connectivity index (χ0n) is 10.9. The molecule has 3 nitrogen and oxygen atoms in total. The summed E-state index contributed by atoms with van der Waals surface area (Å²) in [6.45, 7) is 0. The topological polar surface area (TPSA) is 59.0 Å². The van der Waals surface area contributed by atoms with E-state index in [0.717, 1.165) is 10.5 Å². The molecule has 0 amide bonds. The van der Waals surface area contributed by atoms with Gasteiger partial charge in [-0.1, -0.05) is 6.07 Å². The van der Waals surface area contributed by atoms with Crippen LogP contribution in [0.15, 0.2) is 41.3 Å². The maximum Gasteiger partial charge on any atom is 0.136 e. The maximum atomic E-state index is 13.2. The summed E-state index contributed by atoms with van der Waals surface area (Å²) >= 11 is 1.48. The number of rotatable bonds is 4. The van der Waals surface area contributed by atoms with Gasteiger partial charge < -0.3 is 10.5 Å². The van der Waals surface area contributed by atoms with Crippen molar-refractivity contribution in [3.63, 3.8) is 0 Å². The molecule has 5 heteroatoms. The number of nitrogen functional groups attached to an aromatic ring is 1. The Bertz CT molecular complexity index is 647. The molecule has 0 saturated carbocycles. The highest BCUT2D eigenvalue weighted by Gasteiger charge is 2.05. The van der Waals surface area contributed by atoms with Crippen LogP contribution in [0.5, 0.6) is 5.75 Å². The van der Waals surface area contributed by atoms with Crippen molar-refractivity contribution in [2.24, 2.45) is 0 Å². The molecule has 2 aromatic rings. The first-order valence-electron chi connectivity index (χ1n) is 5.88. The van der Waals surface area contributed by atoms with Gasteiger partial charge in [0.2, 0.25) is 0 Å². The third kappa shape index (κ3) is 3.43. The molecule has 0 saturated heterocycles. The molecule has 0 atom stereocenters. The second-order valence-corrected chi connectivity index (χ2v) is 5.20. The normalized spacial score (nSPS) is 10.1. The number of nitriles is 1. The largest absolute Gasteiger partial charge is 0.495 e. The maximum absolute atomic E-state index is 13.2. The Morgan fingerprint density at radius 1 is 1.30 bits per heavy atom. The number of nitrogens with two attached hydrogens (primary N) is 1. The van der Waals surface area contributed by atoms with E-state index in [9.17, 15) is 4.39 Å². The van der Waals surface area contributed by atoms with Gasteiger partial charge in [0.05, 0.1) is 12.7 Å². The Morgan fingerprint density at radius 2 is 2.10 bits per heavy atom. The molecule has 2 N–H and O–H groups in total. The summed E-state index contributed by atoms with van der Waals surface area (Å²) in [5, 5.41) is 8.92. The predicted octanol–water partition coefficient (Wildman–Crippen LogP) is 3.58. The lowest BCUT2D eigenvalue weighted by Crippen LogP contribution is -1.91. The number of methoxy groups -OCH3 is 1. The van der Waals surface area contributed by atoms with Gasteiger partial charge in [0.25, 0.3) is 0 Å². The minimum atomic E-state index is -0.343. The average Bonchev–Trinajstić information content (AvgIpc) is 2.43. The monoisotopic (exact) mass is 288 g/mol. The number of hydrogen-bond donors (Lipinski definition) is 1. The molecule has 0 spiro atoms. The Morgan fingerprint density at radius 3 is 2.75 bits per heavy atom. The van der Waals surface area contributed by atoms with Crippen LogP contribution in [0.25, 0.3) is 0 Å². The zero-order valence-corrected chi connectivity index (χ0v) is 11.7. The predicted molar refractivity (Wildman–Crippen MR) is 78.1 cm³/mol. The minimum absolute atomic E-state index is 0.343. The molecule has 0 unspecified atom stereocenters. The van der Waals surface area contributed by atoms with Crippen molar-refractivity contribution in [2.75, 3.05) is 12.8 Å². The number of nitrogens with zero attached hydrogens (tertiary/aromatic N) is 1. The van der Waals surface area contributed by atoms with Crippen LogP contribution >= 0.6 is 11.8 Å². The summed E-state index contributed by atoms with van der Waals surface area (Å²) in [5.74, 6) is 0.847. The van der Waals surface area contributed by atoms with E-state index in [1.807, 2.05) is 12.1 Å². The van der Waals surface area contributed by atoms with E-state index < -0.39 is 0 Å². The van der Waals surface area contributed by atoms with Crippen molar-refractivity contribution in [3.05, 3.63) is 53.3 Å². The van der Waals surface area contributed by atoms with Crippen molar-refractivity contribution in [1.82, 2.24) is 0 Å². The fraction of sp³-hybridized carbons (Fsp3) is 0.133. The quantitative estimate of drug-likeness (QED) is 0.690. The third-order valence-electron chi connectivity index (χ3n) is 2.69. The minimum Gasteiger partial charge on any atom is -0.495 e. The molecule has 2 rings (SSSR count). The first-order valence-corrected chi connectivity index (χ1v) is 6.87. The van der Waals surface area contributed by atoms with E-state index >= 15 is 0 Å². The van der Waals surface area contributed by atoms with E-state index in [-0.39, 0.29) is 5.82 Å². The Balaban J connectivity index is 2.13. The van der Waals surface area contributed by atoms with Crippen molar-refractivity contribution >= 4 is 17.4 Å². The lowest BCUT2D eigenvalue weighted by atomic mass is 10.1. The van der Waals surface area contributed by atoms with Crippen LogP contribution < -0.4 is 10.5 Å². The second-order valence-electron chi connectivity index (χ2n) is 4.16. The van der Waals surface area contributed by atoms with Gasteiger partial charge in [-0.05, 0) is 35.9 Å². The number of ether oxygens (including phenoxy) is 1. The number of anilines is 1. The van der Waals surface area contributed by atoms with Gasteiger partial charge in [0, 0.05) is 16.3 Å². The van der Waals surface area contributed by atoms with Crippen LogP contribution in [-0.4, -0.2) is 7.11 Å². The van der Waals surface area contributed by atoms with Crippen LogP contribution in [-0.2, 0) is 5.75 Å². The van der Waals surface area contributed by atoms with E-state index in [2.05, 4.69) is 6.07 Å². The molecule has 0 aliphatic heterocycles. The van der Waals surface area contributed by atoms with Crippen molar-refractivity contribution in [1.29, 1.82) is 5.26 Å². The molecule has 2 aromatic carbocycles. The summed E-state index contributed by atoms with van der Waals surface area (Å²) in [7, 11) is 1.53. The lowest BCUT2D eigenvalue weighted by Gasteiger charge is -2.07. The molecule has 20 heavy (non-hydrogen) atoms. The van der Waals surface area contributed by atoms with Crippen LogP contribution in [0, 0.1) is 17.1 Å². The molecule has 0 radical (unpaired) electrons. The molecule has 0 aliphatic rings. The fourth-order valence-electron chi connectivity index (χ4n) is 1.75. The average molecular weight is 288 g/mol. The highest BCUT2D eigenvalue weighted by molar-refractivity contribution is 7.98. The summed E-state index contributed by atoms with van der Waals surface area (Å²) < 4.78 is 18.4. The van der Waals surface area contributed by atoms with E-state index in [1.165, 1.54) is 31.0 Å². The van der Waals surface area contributed by atoms with Gasteiger partial charge >= 0.3 is 0 Å². The Hall–Kier alpha value is -2.19. The Labute approximate surface area is 121 Å². The number of thioether (sulfide) groups is 1.